The van der Waals surface area contributed by atoms with Crippen LogP contribution in [0.3, 0.4) is 0 Å². The quantitative estimate of drug-likeness (QED) is 0.285. The van der Waals surface area contributed by atoms with E-state index < -0.39 is 15.4 Å². The molecule has 0 aliphatic heterocycles. The van der Waals surface area contributed by atoms with Gasteiger partial charge in [0.05, 0.1) is 16.2 Å². The fourth-order valence-electron chi connectivity index (χ4n) is 2.56. The van der Waals surface area contributed by atoms with Gasteiger partial charge in [-0.25, -0.2) is 8.42 Å². The zero-order valence-electron chi connectivity index (χ0n) is 14.7. The molecule has 0 fully saturated rings. The van der Waals surface area contributed by atoms with Gasteiger partial charge in [0.15, 0.2) is 0 Å². The molecule has 0 aliphatic rings. The first-order valence-electron chi connectivity index (χ1n) is 8.50. The van der Waals surface area contributed by atoms with Crippen molar-refractivity contribution in [2.45, 2.75) is 102 Å². The van der Waals surface area contributed by atoms with E-state index in [0.29, 0.717) is 12.8 Å². The summed E-state index contributed by atoms with van der Waals surface area (Å²) in [5.74, 6) is 0. The van der Waals surface area contributed by atoms with Crippen LogP contribution in [0, 0.1) is 0 Å². The number of aliphatic hydroxyl groups is 1. The molecule has 0 bridgehead atoms. The van der Waals surface area contributed by atoms with Crippen molar-refractivity contribution in [3.63, 3.8) is 0 Å². The Labute approximate surface area is 180 Å². The molecule has 0 aromatic heterocycles. The molecule has 0 rings (SSSR count). The zero-order valence-corrected chi connectivity index (χ0v) is 18.7. The summed E-state index contributed by atoms with van der Waals surface area (Å²) in [6.45, 7) is 3.82. The molecule has 0 radical (unpaired) electrons. The molecule has 0 spiro atoms. The number of hydrogen-bond acceptors (Lipinski definition) is 4. The molecular formula is C16H33KO4S. The van der Waals surface area contributed by atoms with Crippen molar-refractivity contribution in [2.75, 3.05) is 0 Å². The van der Waals surface area contributed by atoms with Crippen molar-refractivity contribution in [1.29, 1.82) is 0 Å². The molecule has 128 valence electrons. The second-order valence-electron chi connectivity index (χ2n) is 6.16. The summed E-state index contributed by atoms with van der Waals surface area (Å²) in [5, 5.41) is 8.45. The van der Waals surface area contributed by atoms with Crippen LogP contribution in [0.5, 0.6) is 0 Å². The Bertz CT molecular complexity index is 331. The SMILES string of the molecule is CCCCC(CCCCCCCCCC(C)O)S(=O)(=O)[O-].[K+]. The van der Waals surface area contributed by atoms with Gasteiger partial charge in [-0.2, -0.15) is 0 Å². The summed E-state index contributed by atoms with van der Waals surface area (Å²) < 4.78 is 33.5. The Morgan fingerprint density at radius 1 is 0.864 bits per heavy atom. The van der Waals surface area contributed by atoms with Crippen LogP contribution in [0.2, 0.25) is 0 Å². The van der Waals surface area contributed by atoms with Gasteiger partial charge >= 0.3 is 51.4 Å². The summed E-state index contributed by atoms with van der Waals surface area (Å²) in [6, 6.07) is 0. The van der Waals surface area contributed by atoms with Crippen molar-refractivity contribution < 1.29 is 69.5 Å². The zero-order chi connectivity index (χ0) is 16.1. The van der Waals surface area contributed by atoms with Crippen LogP contribution < -0.4 is 51.4 Å². The summed E-state index contributed by atoms with van der Waals surface area (Å²) in [4.78, 5) is 0. The van der Waals surface area contributed by atoms with Crippen molar-refractivity contribution in [3.8, 4) is 0 Å². The van der Waals surface area contributed by atoms with E-state index in [-0.39, 0.29) is 57.5 Å². The number of unbranched alkanes of at least 4 members (excludes halogenated alkanes) is 7. The summed E-state index contributed by atoms with van der Waals surface area (Å²) >= 11 is 0. The topological polar surface area (TPSA) is 77.4 Å². The molecule has 6 heteroatoms. The normalized spacial score (nSPS) is 14.4. The predicted octanol–water partition coefficient (Wildman–Crippen LogP) is 0.986. The van der Waals surface area contributed by atoms with E-state index >= 15 is 0 Å². The molecule has 0 aromatic carbocycles. The van der Waals surface area contributed by atoms with E-state index in [0.717, 1.165) is 57.8 Å². The second kappa shape index (κ2) is 16.0. The minimum absolute atomic E-state index is 0. The molecule has 22 heavy (non-hydrogen) atoms. The first kappa shape index (κ1) is 25.7. The fraction of sp³-hybridized carbons (Fsp3) is 1.00. The Kier molecular flexibility index (Phi) is 18.7. The van der Waals surface area contributed by atoms with Crippen LogP contribution in [-0.2, 0) is 10.1 Å². The van der Waals surface area contributed by atoms with E-state index in [1.807, 2.05) is 13.8 Å². The molecule has 0 heterocycles. The summed E-state index contributed by atoms with van der Waals surface area (Å²) in [5.41, 5.74) is 0. The number of rotatable bonds is 14. The molecule has 4 nitrogen and oxygen atoms in total. The van der Waals surface area contributed by atoms with Gasteiger partial charge in [-0.3, -0.25) is 0 Å². The van der Waals surface area contributed by atoms with E-state index in [1.165, 1.54) is 6.42 Å². The molecule has 0 amide bonds. The summed E-state index contributed by atoms with van der Waals surface area (Å²) in [6.07, 6.45) is 11.0. The average molecular weight is 361 g/mol. The molecular weight excluding hydrogens is 327 g/mol. The minimum atomic E-state index is -4.12. The standard InChI is InChI=1S/C16H34O4S.K/c1-3-4-13-16(21(18,19)20)14-11-9-7-5-6-8-10-12-15(2)17;/h15-17H,3-14H2,1-2H3,(H,18,19,20);/q;+1/p-1. The molecule has 0 saturated carbocycles. The van der Waals surface area contributed by atoms with Crippen LogP contribution >= 0.6 is 0 Å². The van der Waals surface area contributed by atoms with E-state index in [1.54, 1.807) is 0 Å². The summed E-state index contributed by atoms with van der Waals surface area (Å²) in [7, 11) is -4.12. The maximum atomic E-state index is 11.2. The largest absolute Gasteiger partial charge is 1.00 e. The van der Waals surface area contributed by atoms with Gasteiger partial charge in [0.2, 0.25) is 0 Å². The molecule has 0 aliphatic carbocycles. The maximum absolute atomic E-state index is 11.2. The van der Waals surface area contributed by atoms with Gasteiger partial charge in [-0.05, 0) is 26.2 Å². The Balaban J connectivity index is 0. The molecule has 0 aromatic rings. The van der Waals surface area contributed by atoms with Gasteiger partial charge < -0.3 is 9.66 Å². The third-order valence-electron chi connectivity index (χ3n) is 3.94. The minimum Gasteiger partial charge on any atom is -0.748 e. The van der Waals surface area contributed by atoms with Crippen LogP contribution in [-0.4, -0.2) is 29.4 Å². The van der Waals surface area contributed by atoms with Crippen molar-refractivity contribution in [2.24, 2.45) is 0 Å². The van der Waals surface area contributed by atoms with Gasteiger partial charge in [-0.1, -0.05) is 64.7 Å². The first-order chi connectivity index (χ1) is 9.88. The smallest absolute Gasteiger partial charge is 0.748 e. The maximum Gasteiger partial charge on any atom is 1.00 e. The van der Waals surface area contributed by atoms with Gasteiger partial charge in [0.25, 0.3) is 0 Å². The van der Waals surface area contributed by atoms with Gasteiger partial charge in [-0.15, -0.1) is 0 Å². The Hall–Kier alpha value is 1.51. The molecule has 0 saturated heterocycles. The Morgan fingerprint density at radius 2 is 1.27 bits per heavy atom. The first-order valence-corrected chi connectivity index (χ1v) is 9.97. The Morgan fingerprint density at radius 3 is 1.68 bits per heavy atom. The van der Waals surface area contributed by atoms with Gasteiger partial charge in [0, 0.05) is 5.25 Å². The van der Waals surface area contributed by atoms with E-state index in [4.69, 9.17) is 5.11 Å². The number of aliphatic hydroxyl groups excluding tert-OH is 1. The van der Waals surface area contributed by atoms with Crippen LogP contribution in [0.15, 0.2) is 0 Å². The fourth-order valence-corrected chi connectivity index (χ4v) is 3.47. The second-order valence-corrected chi connectivity index (χ2v) is 7.81. The van der Waals surface area contributed by atoms with Crippen molar-refractivity contribution >= 4 is 10.1 Å². The van der Waals surface area contributed by atoms with Crippen LogP contribution in [0.25, 0.3) is 0 Å². The van der Waals surface area contributed by atoms with Crippen LogP contribution in [0.1, 0.15) is 90.9 Å². The van der Waals surface area contributed by atoms with Crippen molar-refractivity contribution in [1.82, 2.24) is 0 Å². The average Bonchev–Trinajstić information content (AvgIpc) is 2.38. The van der Waals surface area contributed by atoms with Crippen molar-refractivity contribution in [3.05, 3.63) is 0 Å². The van der Waals surface area contributed by atoms with Crippen LogP contribution in [0.4, 0.5) is 0 Å². The molecule has 2 atom stereocenters. The molecule has 1 N–H and O–H groups in total. The van der Waals surface area contributed by atoms with E-state index in [9.17, 15) is 13.0 Å². The third-order valence-corrected chi connectivity index (χ3v) is 5.22. The number of hydrogen-bond donors (Lipinski definition) is 1. The van der Waals surface area contributed by atoms with E-state index in [2.05, 4.69) is 0 Å². The third kappa shape index (κ3) is 16.4. The monoisotopic (exact) mass is 360 g/mol. The molecule has 2 unspecified atom stereocenters. The van der Waals surface area contributed by atoms with Gasteiger partial charge in [0.1, 0.15) is 0 Å². The predicted molar refractivity (Wildman–Crippen MR) is 86.2 cm³/mol.